The van der Waals surface area contributed by atoms with E-state index < -0.39 is 12.0 Å². The Morgan fingerprint density at radius 2 is 1.90 bits per heavy atom. The van der Waals surface area contributed by atoms with Gasteiger partial charge in [-0.25, -0.2) is 4.79 Å². The molecule has 5 heteroatoms. The third-order valence-electron chi connectivity index (χ3n) is 4.27. The number of hydrogen-bond acceptors (Lipinski definition) is 3. The highest BCUT2D eigenvalue weighted by Gasteiger charge is 2.56. The van der Waals surface area contributed by atoms with Crippen LogP contribution in [-0.2, 0) is 14.3 Å². The predicted molar refractivity (Wildman–Crippen MR) is 74.2 cm³/mol. The second kappa shape index (κ2) is 5.72. The zero-order chi connectivity index (χ0) is 14.9. The van der Waals surface area contributed by atoms with E-state index in [1.807, 2.05) is 20.8 Å². The van der Waals surface area contributed by atoms with Gasteiger partial charge in [-0.15, -0.1) is 0 Å². The van der Waals surface area contributed by atoms with Crippen LogP contribution in [0.3, 0.4) is 0 Å². The first-order chi connectivity index (χ1) is 9.29. The van der Waals surface area contributed by atoms with Gasteiger partial charge in [-0.3, -0.25) is 4.79 Å². The number of nitrogens with one attached hydrogen (secondary N) is 1. The molecule has 2 N–H and O–H groups in total. The second-order valence-electron chi connectivity index (χ2n) is 6.93. The average molecular weight is 283 g/mol. The van der Waals surface area contributed by atoms with E-state index in [1.165, 1.54) is 6.42 Å². The fourth-order valence-electron chi connectivity index (χ4n) is 3.22. The summed E-state index contributed by atoms with van der Waals surface area (Å²) in [6.45, 7) is 6.10. The molecule has 2 aliphatic rings. The van der Waals surface area contributed by atoms with Crippen LogP contribution in [0.2, 0.25) is 0 Å². The van der Waals surface area contributed by atoms with Crippen LogP contribution in [0.4, 0.5) is 0 Å². The Morgan fingerprint density at radius 3 is 2.40 bits per heavy atom. The van der Waals surface area contributed by atoms with Crippen LogP contribution in [-0.4, -0.2) is 35.2 Å². The van der Waals surface area contributed by atoms with E-state index in [1.54, 1.807) is 0 Å². The number of fused-ring (bicyclic) bond motifs is 1. The van der Waals surface area contributed by atoms with E-state index in [4.69, 9.17) is 4.74 Å². The third-order valence-corrected chi connectivity index (χ3v) is 4.27. The normalized spacial score (nSPS) is 29.6. The number of carbonyl (C=O) groups excluding carboxylic acids is 1. The van der Waals surface area contributed by atoms with E-state index in [9.17, 15) is 14.7 Å². The van der Waals surface area contributed by atoms with Crippen LogP contribution in [0.25, 0.3) is 0 Å². The largest absolute Gasteiger partial charge is 0.480 e. The van der Waals surface area contributed by atoms with Gasteiger partial charge in [-0.05, 0) is 45.4 Å². The first-order valence-electron chi connectivity index (χ1n) is 7.47. The molecule has 3 atom stereocenters. The molecular formula is C15H25NO4. The zero-order valence-electron chi connectivity index (χ0n) is 12.5. The molecule has 2 fully saturated rings. The lowest BCUT2D eigenvalue weighted by molar-refractivity contribution is -0.143. The zero-order valence-corrected chi connectivity index (χ0v) is 12.5. The number of carboxylic acids is 1. The molecule has 0 radical (unpaired) electrons. The minimum absolute atomic E-state index is 0.0640. The fourth-order valence-corrected chi connectivity index (χ4v) is 3.22. The molecule has 2 aliphatic carbocycles. The molecule has 2 rings (SSSR count). The van der Waals surface area contributed by atoms with Crippen molar-refractivity contribution in [2.75, 3.05) is 6.61 Å². The SMILES string of the molecule is CC(C)(C)OCCC(NC(=O)C1C2CCCC21)C(=O)O. The fraction of sp³-hybridized carbons (Fsp3) is 0.867. The number of carboxylic acid groups (broad SMARTS) is 1. The van der Waals surface area contributed by atoms with Crippen LogP contribution in [0.1, 0.15) is 46.5 Å². The van der Waals surface area contributed by atoms with Crippen molar-refractivity contribution in [1.82, 2.24) is 5.32 Å². The van der Waals surface area contributed by atoms with Gasteiger partial charge in [0.25, 0.3) is 0 Å². The maximum absolute atomic E-state index is 12.1. The monoisotopic (exact) mass is 283 g/mol. The first kappa shape index (κ1) is 15.3. The van der Waals surface area contributed by atoms with Crippen LogP contribution in [0.5, 0.6) is 0 Å². The van der Waals surface area contributed by atoms with Gasteiger partial charge < -0.3 is 15.2 Å². The number of carbonyl (C=O) groups is 2. The summed E-state index contributed by atoms with van der Waals surface area (Å²) in [6.07, 6.45) is 3.75. The highest BCUT2D eigenvalue weighted by atomic mass is 16.5. The smallest absolute Gasteiger partial charge is 0.326 e. The first-order valence-corrected chi connectivity index (χ1v) is 7.47. The number of aliphatic carboxylic acids is 1. The quantitative estimate of drug-likeness (QED) is 0.779. The summed E-state index contributed by atoms with van der Waals surface area (Å²) in [6, 6.07) is -0.842. The van der Waals surface area contributed by atoms with Gasteiger partial charge in [0.05, 0.1) is 5.60 Å². The average Bonchev–Trinajstić information content (AvgIpc) is 2.80. The maximum atomic E-state index is 12.1. The summed E-state index contributed by atoms with van der Waals surface area (Å²) >= 11 is 0. The molecule has 1 amide bonds. The van der Waals surface area contributed by atoms with Gasteiger partial charge in [-0.1, -0.05) is 6.42 Å². The number of rotatable bonds is 6. The van der Waals surface area contributed by atoms with Gasteiger partial charge in [0.15, 0.2) is 0 Å². The summed E-state index contributed by atoms with van der Waals surface area (Å²) in [5.41, 5.74) is -0.291. The topological polar surface area (TPSA) is 75.6 Å². The predicted octanol–water partition coefficient (Wildman–Crippen LogP) is 1.81. The Labute approximate surface area is 120 Å². The Hall–Kier alpha value is -1.10. The van der Waals surface area contributed by atoms with Crippen molar-refractivity contribution >= 4 is 11.9 Å². The number of amides is 1. The Balaban J connectivity index is 1.77. The van der Waals surface area contributed by atoms with Crippen LogP contribution in [0, 0.1) is 17.8 Å². The third kappa shape index (κ3) is 3.72. The van der Waals surface area contributed by atoms with Crippen molar-refractivity contribution in [2.24, 2.45) is 17.8 Å². The Morgan fingerprint density at radius 1 is 1.30 bits per heavy atom. The van der Waals surface area contributed by atoms with Crippen molar-refractivity contribution in [1.29, 1.82) is 0 Å². The molecule has 0 bridgehead atoms. The molecule has 0 aromatic rings. The van der Waals surface area contributed by atoms with Gasteiger partial charge in [-0.2, -0.15) is 0 Å². The second-order valence-corrected chi connectivity index (χ2v) is 6.93. The number of hydrogen-bond donors (Lipinski definition) is 2. The highest BCUT2D eigenvalue weighted by Crippen LogP contribution is 2.57. The molecule has 0 aromatic carbocycles. The summed E-state index contributed by atoms with van der Waals surface area (Å²) in [5, 5.41) is 11.9. The molecule has 0 spiro atoms. The van der Waals surface area contributed by atoms with Gasteiger partial charge in [0.2, 0.25) is 5.91 Å². The van der Waals surface area contributed by atoms with Crippen LogP contribution in [0.15, 0.2) is 0 Å². The molecule has 0 aliphatic heterocycles. The molecule has 2 saturated carbocycles. The molecular weight excluding hydrogens is 258 g/mol. The molecule has 5 nitrogen and oxygen atoms in total. The molecule has 20 heavy (non-hydrogen) atoms. The van der Waals surface area contributed by atoms with Crippen molar-refractivity contribution < 1.29 is 19.4 Å². The molecule has 0 heterocycles. The lowest BCUT2D eigenvalue weighted by atomic mass is 10.1. The Bertz CT molecular complexity index is 378. The number of ether oxygens (including phenoxy) is 1. The van der Waals surface area contributed by atoms with E-state index in [0.717, 1.165) is 12.8 Å². The van der Waals surface area contributed by atoms with Gasteiger partial charge >= 0.3 is 5.97 Å². The van der Waals surface area contributed by atoms with Crippen molar-refractivity contribution in [3.63, 3.8) is 0 Å². The maximum Gasteiger partial charge on any atom is 0.326 e. The van der Waals surface area contributed by atoms with E-state index in [0.29, 0.717) is 24.9 Å². The summed E-state index contributed by atoms with van der Waals surface area (Å²) < 4.78 is 5.53. The highest BCUT2D eigenvalue weighted by molar-refractivity contribution is 5.87. The molecule has 0 saturated heterocycles. The lowest BCUT2D eigenvalue weighted by Crippen LogP contribution is -2.43. The van der Waals surface area contributed by atoms with Crippen molar-refractivity contribution in [3.8, 4) is 0 Å². The summed E-state index contributed by atoms with van der Waals surface area (Å²) in [4.78, 5) is 23.3. The standard InChI is InChI=1S/C15H25NO4/c1-15(2,3)20-8-7-11(14(18)19)16-13(17)12-9-5-4-6-10(9)12/h9-12H,4-8H2,1-3H3,(H,16,17)(H,18,19). The van der Waals surface area contributed by atoms with Crippen LogP contribution >= 0.6 is 0 Å². The molecule has 114 valence electrons. The van der Waals surface area contributed by atoms with E-state index in [2.05, 4.69) is 5.32 Å². The van der Waals surface area contributed by atoms with Gasteiger partial charge in [0, 0.05) is 18.9 Å². The van der Waals surface area contributed by atoms with E-state index >= 15 is 0 Å². The Kier molecular flexibility index (Phi) is 4.37. The van der Waals surface area contributed by atoms with E-state index in [-0.39, 0.29) is 17.4 Å². The minimum atomic E-state index is -0.985. The van der Waals surface area contributed by atoms with Gasteiger partial charge in [0.1, 0.15) is 6.04 Å². The summed E-state index contributed by atoms with van der Waals surface area (Å²) in [5.74, 6) is 0.0178. The van der Waals surface area contributed by atoms with Crippen molar-refractivity contribution in [3.05, 3.63) is 0 Å². The molecule has 0 aromatic heterocycles. The lowest BCUT2D eigenvalue weighted by Gasteiger charge is -2.21. The minimum Gasteiger partial charge on any atom is -0.480 e. The molecule has 3 unspecified atom stereocenters. The van der Waals surface area contributed by atoms with Crippen molar-refractivity contribution in [2.45, 2.75) is 58.1 Å². The van der Waals surface area contributed by atoms with Crippen LogP contribution < -0.4 is 5.32 Å². The summed E-state index contributed by atoms with van der Waals surface area (Å²) in [7, 11) is 0.